The molecule has 8 heteroatoms. The van der Waals surface area contributed by atoms with Crippen molar-refractivity contribution >= 4 is 24.7 Å². The van der Waals surface area contributed by atoms with Crippen molar-refractivity contribution in [2.75, 3.05) is 0 Å². The molecule has 176 valence electrons. The first-order chi connectivity index (χ1) is 11.1. The molecule has 0 amide bonds. The Morgan fingerprint density at radius 2 is 0.483 bits per heavy atom. The molecule has 0 spiro atoms. The van der Waals surface area contributed by atoms with Gasteiger partial charge in [-0.1, -0.05) is 146 Å². The predicted molar refractivity (Wildman–Crippen MR) is 139 cm³/mol. The van der Waals surface area contributed by atoms with Crippen LogP contribution in [0.4, 0.5) is 0 Å². The largest absolute Gasteiger partial charge is 4.00 e. The van der Waals surface area contributed by atoms with Gasteiger partial charge in [-0.05, 0) is 0 Å². The van der Waals surface area contributed by atoms with Gasteiger partial charge >= 0.3 is 21.7 Å². The second-order valence-electron chi connectivity index (χ2n) is 13.4. The van der Waals surface area contributed by atoms with Crippen molar-refractivity contribution in [1.29, 1.82) is 0 Å². The zero-order chi connectivity index (χ0) is 23.1. The Balaban J connectivity index is -0.0000000960. The molecular weight excluding hydrogens is 462 g/mol. The maximum absolute atomic E-state index is 4.68. The number of hydrogen-bond donors (Lipinski definition) is 0. The summed E-state index contributed by atoms with van der Waals surface area (Å²) in [6.07, 6.45) is 0. The fourth-order valence-electron chi connectivity index (χ4n) is 3.02. The van der Waals surface area contributed by atoms with Gasteiger partial charge in [0.2, 0.25) is 0 Å². The van der Waals surface area contributed by atoms with Crippen molar-refractivity contribution in [1.82, 2.24) is 0 Å². The monoisotopic (exact) mass is 515 g/mol. The van der Waals surface area contributed by atoms with Crippen LogP contribution >= 0.6 is 0 Å². The smallest absolute Gasteiger partial charge is 1.00 e. The molecule has 0 aromatic carbocycles. The van der Waals surface area contributed by atoms with Gasteiger partial charge in [-0.3, -0.25) is 0 Å². The van der Waals surface area contributed by atoms with E-state index in [4.69, 9.17) is 0 Å². The molecule has 0 radical (unpaired) electrons. The second kappa shape index (κ2) is 14.6. The van der Waals surface area contributed by atoms with Crippen LogP contribution in [-0.2, 0) is 21.7 Å². The summed E-state index contributed by atoms with van der Waals surface area (Å²) in [7, 11) is -3.50. The molecule has 0 aliphatic carbocycles. The van der Waals surface area contributed by atoms with Gasteiger partial charge < -0.3 is 27.4 Å². The maximum Gasteiger partial charge on any atom is 4.00 e. The van der Waals surface area contributed by atoms with Gasteiger partial charge in [-0.25, -0.2) is 0 Å². The van der Waals surface area contributed by atoms with Crippen molar-refractivity contribution in [3.05, 3.63) is 14.9 Å². The second-order valence-corrected chi connectivity index (χ2v) is 27.1. The van der Waals surface area contributed by atoms with Crippen LogP contribution in [0.1, 0.15) is 62.3 Å². The third-order valence-electron chi connectivity index (χ3n) is 2.01. The minimum atomic E-state index is -1.17. The summed E-state index contributed by atoms with van der Waals surface area (Å²) in [6, 6.07) is 0. The van der Waals surface area contributed by atoms with E-state index in [0.717, 1.165) is 0 Å². The summed E-state index contributed by atoms with van der Waals surface area (Å²) in [4.78, 5) is 14.0. The first-order valence-electron chi connectivity index (χ1n) is 10.3. The standard InChI is InChI=1S/3C7H18NSi.ClH.Ti/c3*1-7(2,3)8-9(4,5)6;;/h3*1-6H3;1H;/q3*-1;;+4/p-1. The molecule has 0 unspecified atom stereocenters. The zero-order valence-electron chi connectivity index (χ0n) is 23.2. The molecule has 0 rings (SSSR count). The average molecular weight is 516 g/mol. The van der Waals surface area contributed by atoms with Gasteiger partial charge in [-0.15, -0.1) is 16.6 Å². The molecule has 0 fully saturated rings. The topological polar surface area (TPSA) is 42.3 Å². The molecule has 29 heavy (non-hydrogen) atoms. The molecule has 0 bridgehead atoms. The van der Waals surface area contributed by atoms with Gasteiger partial charge in [0.1, 0.15) is 0 Å². The average Bonchev–Trinajstić information content (AvgIpc) is 1.96. The van der Waals surface area contributed by atoms with Crippen molar-refractivity contribution < 1.29 is 34.1 Å². The van der Waals surface area contributed by atoms with Gasteiger partial charge in [-0.2, -0.15) is 0 Å². The molecule has 0 saturated carbocycles. The SMILES string of the molecule is CC(C)(C)[N-][Si](C)(C)C.CC(C)(C)[N-][Si](C)(C)C.CC(C)(C)[N-][Si](C)(C)C.[Cl-].[Ti+4]. The van der Waals surface area contributed by atoms with Crippen molar-refractivity contribution in [3.8, 4) is 0 Å². The Hall–Kier alpha value is 1.53. The Labute approximate surface area is 210 Å². The summed E-state index contributed by atoms with van der Waals surface area (Å²) in [5, 5.41) is 0. The molecule has 3 nitrogen and oxygen atoms in total. The van der Waals surface area contributed by atoms with Gasteiger partial charge in [0.25, 0.3) is 0 Å². The molecule has 0 N–H and O–H groups in total. The number of halogens is 1. The molecular formula is C21H54ClN3Si3Ti. The molecule has 0 saturated heterocycles. The molecule has 0 aromatic rings. The van der Waals surface area contributed by atoms with Crippen molar-refractivity contribution in [2.24, 2.45) is 0 Å². The van der Waals surface area contributed by atoms with Crippen LogP contribution in [0, 0.1) is 0 Å². The fraction of sp³-hybridized carbons (Fsp3) is 1.00. The zero-order valence-corrected chi connectivity index (χ0v) is 28.5. The Morgan fingerprint density at radius 3 is 0.483 bits per heavy atom. The van der Waals surface area contributed by atoms with Crippen LogP contribution in [0.15, 0.2) is 0 Å². The van der Waals surface area contributed by atoms with E-state index in [0.29, 0.717) is 0 Å². The van der Waals surface area contributed by atoms with E-state index in [1.54, 1.807) is 0 Å². The quantitative estimate of drug-likeness (QED) is 0.415. The first kappa shape index (κ1) is 40.9. The summed E-state index contributed by atoms with van der Waals surface area (Å²) >= 11 is 0. The molecule has 0 aliphatic rings. The summed E-state index contributed by atoms with van der Waals surface area (Å²) < 4.78 is 0. The summed E-state index contributed by atoms with van der Waals surface area (Å²) in [6.45, 7) is 39.8. The van der Waals surface area contributed by atoms with E-state index < -0.39 is 24.7 Å². The third kappa shape index (κ3) is 58.7. The van der Waals surface area contributed by atoms with Crippen molar-refractivity contribution in [2.45, 2.75) is 138 Å². The number of hydrogen-bond acceptors (Lipinski definition) is 0. The minimum absolute atomic E-state index is 0. The predicted octanol–water partition coefficient (Wildman–Crippen LogP) is 5.98. The van der Waals surface area contributed by atoms with Crippen LogP contribution in [0.5, 0.6) is 0 Å². The molecule has 0 aliphatic heterocycles. The first-order valence-corrected chi connectivity index (χ1v) is 20.7. The van der Waals surface area contributed by atoms with Gasteiger partial charge in [0.05, 0.1) is 0 Å². The van der Waals surface area contributed by atoms with E-state index in [9.17, 15) is 0 Å². The van der Waals surface area contributed by atoms with Crippen LogP contribution in [0.2, 0.25) is 58.9 Å². The number of rotatable bonds is 3. The molecule has 0 atom stereocenters. The Morgan fingerprint density at radius 1 is 0.379 bits per heavy atom. The Bertz CT molecular complexity index is 297. The van der Waals surface area contributed by atoms with Gasteiger partial charge in [0, 0.05) is 0 Å². The number of nitrogens with zero attached hydrogens (tertiary/aromatic N) is 3. The summed E-state index contributed by atoms with van der Waals surface area (Å²) in [5.41, 5.74) is 0.513. The Kier molecular flexibility index (Phi) is 20.6. The third-order valence-corrected chi connectivity index (χ3v) is 6.04. The van der Waals surface area contributed by atoms with Crippen LogP contribution in [-0.4, -0.2) is 41.3 Å². The van der Waals surface area contributed by atoms with Gasteiger partial charge in [0.15, 0.2) is 0 Å². The van der Waals surface area contributed by atoms with Crippen LogP contribution in [0.25, 0.3) is 14.9 Å². The van der Waals surface area contributed by atoms with E-state index in [2.05, 4.69) is 136 Å². The van der Waals surface area contributed by atoms with Crippen LogP contribution in [0.3, 0.4) is 0 Å². The maximum atomic E-state index is 4.68. The van der Waals surface area contributed by atoms with E-state index in [1.807, 2.05) is 0 Å². The van der Waals surface area contributed by atoms with Crippen LogP contribution < -0.4 is 12.4 Å². The molecule has 0 heterocycles. The van der Waals surface area contributed by atoms with E-state index in [1.165, 1.54) is 0 Å². The molecule has 0 aromatic heterocycles. The van der Waals surface area contributed by atoms with E-state index in [-0.39, 0.29) is 50.7 Å². The normalized spacial score (nSPS) is 13.0. The van der Waals surface area contributed by atoms with E-state index >= 15 is 0 Å². The minimum Gasteiger partial charge on any atom is -1.00 e. The van der Waals surface area contributed by atoms with Crippen molar-refractivity contribution in [3.63, 3.8) is 0 Å². The summed E-state index contributed by atoms with van der Waals surface area (Å²) in [5.74, 6) is 0. The fourth-order valence-corrected chi connectivity index (χ4v) is 9.06.